The van der Waals surface area contributed by atoms with E-state index in [1.165, 1.54) is 24.9 Å². The molecular formula is C15H22ClNO. The summed E-state index contributed by atoms with van der Waals surface area (Å²) in [6.45, 7) is 3.68. The standard InChI is InChI=1S/C15H22ClNO/c16-15-8-2-1-6-14(15)7-4-10-17-9-3-5-13(11-17)12-18/h1-2,6,8,13,18H,3-5,7,9-12H2. The zero-order valence-corrected chi connectivity index (χ0v) is 11.6. The molecule has 3 heteroatoms. The maximum atomic E-state index is 9.20. The summed E-state index contributed by atoms with van der Waals surface area (Å²) in [5, 5.41) is 10.1. The van der Waals surface area contributed by atoms with Crippen LogP contribution in [0.2, 0.25) is 5.02 Å². The summed E-state index contributed by atoms with van der Waals surface area (Å²) in [4.78, 5) is 2.47. The first-order valence-electron chi connectivity index (χ1n) is 6.86. The Morgan fingerprint density at radius 3 is 2.94 bits per heavy atom. The van der Waals surface area contributed by atoms with E-state index in [2.05, 4.69) is 11.0 Å². The van der Waals surface area contributed by atoms with Gasteiger partial charge in [-0.3, -0.25) is 0 Å². The Balaban J connectivity index is 1.73. The summed E-state index contributed by atoms with van der Waals surface area (Å²) >= 11 is 6.14. The molecule has 0 radical (unpaired) electrons. The highest BCUT2D eigenvalue weighted by atomic mass is 35.5. The molecule has 1 aliphatic rings. The quantitative estimate of drug-likeness (QED) is 0.887. The van der Waals surface area contributed by atoms with E-state index in [0.717, 1.165) is 31.0 Å². The van der Waals surface area contributed by atoms with Crippen LogP contribution in [0.1, 0.15) is 24.8 Å². The fraction of sp³-hybridized carbons (Fsp3) is 0.600. The second kappa shape index (κ2) is 7.13. The van der Waals surface area contributed by atoms with Crippen LogP contribution in [0.4, 0.5) is 0 Å². The van der Waals surface area contributed by atoms with E-state index in [4.69, 9.17) is 11.6 Å². The Hall–Kier alpha value is -0.570. The lowest BCUT2D eigenvalue weighted by Gasteiger charge is -2.31. The normalized spacial score (nSPS) is 21.1. The molecule has 1 fully saturated rings. The van der Waals surface area contributed by atoms with Gasteiger partial charge in [0.05, 0.1) is 0 Å². The largest absolute Gasteiger partial charge is 0.396 e. The first-order chi connectivity index (χ1) is 8.79. The van der Waals surface area contributed by atoms with Gasteiger partial charge in [-0.15, -0.1) is 0 Å². The number of hydrogen-bond donors (Lipinski definition) is 1. The minimum absolute atomic E-state index is 0.334. The molecular weight excluding hydrogens is 246 g/mol. The summed E-state index contributed by atoms with van der Waals surface area (Å²) in [5.41, 5.74) is 1.25. The lowest BCUT2D eigenvalue weighted by atomic mass is 9.98. The number of aliphatic hydroxyl groups is 1. The van der Waals surface area contributed by atoms with Crippen LogP contribution in [0.15, 0.2) is 24.3 Å². The van der Waals surface area contributed by atoms with Gasteiger partial charge < -0.3 is 10.0 Å². The minimum Gasteiger partial charge on any atom is -0.396 e. The average molecular weight is 268 g/mol. The molecule has 2 rings (SSSR count). The SMILES string of the molecule is OCC1CCCN(CCCc2ccccc2Cl)C1. The molecule has 1 aliphatic heterocycles. The zero-order chi connectivity index (χ0) is 12.8. The third-order valence-electron chi connectivity index (χ3n) is 3.74. The Morgan fingerprint density at radius 1 is 1.33 bits per heavy atom. The predicted molar refractivity (Wildman–Crippen MR) is 76.0 cm³/mol. The van der Waals surface area contributed by atoms with Crippen LogP contribution in [0, 0.1) is 5.92 Å². The van der Waals surface area contributed by atoms with E-state index in [9.17, 15) is 5.11 Å². The highest BCUT2D eigenvalue weighted by Gasteiger charge is 2.18. The number of rotatable bonds is 5. The number of benzene rings is 1. The van der Waals surface area contributed by atoms with Gasteiger partial charge in [-0.2, -0.15) is 0 Å². The van der Waals surface area contributed by atoms with Gasteiger partial charge in [0.15, 0.2) is 0 Å². The molecule has 18 heavy (non-hydrogen) atoms. The molecule has 1 atom stereocenters. The van der Waals surface area contributed by atoms with E-state index in [1.54, 1.807) is 0 Å². The lowest BCUT2D eigenvalue weighted by Crippen LogP contribution is -2.37. The van der Waals surface area contributed by atoms with Gasteiger partial charge in [-0.1, -0.05) is 29.8 Å². The first-order valence-corrected chi connectivity index (χ1v) is 7.24. The first kappa shape index (κ1) is 13.9. The Bertz CT molecular complexity index is 369. The summed E-state index contributed by atoms with van der Waals surface area (Å²) < 4.78 is 0. The van der Waals surface area contributed by atoms with Crippen molar-refractivity contribution in [2.24, 2.45) is 5.92 Å². The van der Waals surface area contributed by atoms with Crippen molar-refractivity contribution in [3.8, 4) is 0 Å². The van der Waals surface area contributed by atoms with Crippen LogP contribution < -0.4 is 0 Å². The summed E-state index contributed by atoms with van der Waals surface area (Å²) in [7, 11) is 0. The molecule has 0 aliphatic carbocycles. The fourth-order valence-electron chi connectivity index (χ4n) is 2.70. The molecule has 1 heterocycles. The highest BCUT2D eigenvalue weighted by Crippen LogP contribution is 2.19. The molecule has 0 amide bonds. The number of halogens is 1. The summed E-state index contributed by atoms with van der Waals surface area (Å²) in [5.74, 6) is 0.485. The van der Waals surface area contributed by atoms with Gasteiger partial charge in [0.1, 0.15) is 0 Å². The molecule has 0 aromatic heterocycles. The summed E-state index contributed by atoms with van der Waals surface area (Å²) in [6, 6.07) is 8.08. The molecule has 1 aromatic rings. The molecule has 1 aromatic carbocycles. The van der Waals surface area contributed by atoms with Crippen LogP contribution in [-0.4, -0.2) is 36.2 Å². The summed E-state index contributed by atoms with van der Waals surface area (Å²) in [6.07, 6.45) is 4.58. The minimum atomic E-state index is 0.334. The number of aryl methyl sites for hydroxylation is 1. The van der Waals surface area contributed by atoms with Gasteiger partial charge in [0.2, 0.25) is 0 Å². The Morgan fingerprint density at radius 2 is 2.17 bits per heavy atom. The van der Waals surface area contributed by atoms with Gasteiger partial charge in [0, 0.05) is 18.2 Å². The van der Waals surface area contributed by atoms with Gasteiger partial charge in [-0.25, -0.2) is 0 Å². The van der Waals surface area contributed by atoms with E-state index in [1.807, 2.05) is 18.2 Å². The maximum Gasteiger partial charge on any atom is 0.0471 e. The zero-order valence-electron chi connectivity index (χ0n) is 10.8. The van der Waals surface area contributed by atoms with E-state index < -0.39 is 0 Å². The van der Waals surface area contributed by atoms with Crippen molar-refractivity contribution in [3.63, 3.8) is 0 Å². The third kappa shape index (κ3) is 3.98. The number of likely N-dealkylation sites (tertiary alicyclic amines) is 1. The molecule has 0 saturated carbocycles. The van der Waals surface area contributed by atoms with Crippen molar-refractivity contribution in [2.75, 3.05) is 26.2 Å². The van der Waals surface area contributed by atoms with E-state index in [0.29, 0.717) is 12.5 Å². The lowest BCUT2D eigenvalue weighted by molar-refractivity contribution is 0.120. The van der Waals surface area contributed by atoms with E-state index in [-0.39, 0.29) is 0 Å². The number of piperidine rings is 1. The van der Waals surface area contributed by atoms with Crippen molar-refractivity contribution in [1.29, 1.82) is 0 Å². The Kier molecular flexibility index (Phi) is 5.48. The van der Waals surface area contributed by atoms with Crippen LogP contribution in [0.25, 0.3) is 0 Å². The van der Waals surface area contributed by atoms with Crippen molar-refractivity contribution < 1.29 is 5.11 Å². The second-order valence-electron chi connectivity index (χ2n) is 5.19. The van der Waals surface area contributed by atoms with Crippen molar-refractivity contribution >= 4 is 11.6 Å². The number of hydrogen-bond acceptors (Lipinski definition) is 2. The topological polar surface area (TPSA) is 23.5 Å². The molecule has 0 spiro atoms. The van der Waals surface area contributed by atoms with E-state index >= 15 is 0 Å². The van der Waals surface area contributed by atoms with Crippen LogP contribution in [-0.2, 0) is 6.42 Å². The Labute approximate surface area is 115 Å². The van der Waals surface area contributed by atoms with Crippen molar-refractivity contribution in [2.45, 2.75) is 25.7 Å². The van der Waals surface area contributed by atoms with Gasteiger partial charge in [0.25, 0.3) is 0 Å². The van der Waals surface area contributed by atoms with Crippen LogP contribution in [0.3, 0.4) is 0 Å². The average Bonchev–Trinajstić information content (AvgIpc) is 2.41. The molecule has 100 valence electrons. The van der Waals surface area contributed by atoms with Crippen molar-refractivity contribution in [1.82, 2.24) is 4.90 Å². The smallest absolute Gasteiger partial charge is 0.0471 e. The molecule has 1 N–H and O–H groups in total. The van der Waals surface area contributed by atoms with Crippen LogP contribution >= 0.6 is 11.6 Å². The molecule has 1 unspecified atom stereocenters. The second-order valence-corrected chi connectivity index (χ2v) is 5.59. The van der Waals surface area contributed by atoms with Gasteiger partial charge >= 0.3 is 0 Å². The maximum absolute atomic E-state index is 9.20. The molecule has 0 bridgehead atoms. The van der Waals surface area contributed by atoms with Crippen molar-refractivity contribution in [3.05, 3.63) is 34.9 Å². The molecule has 1 saturated heterocycles. The third-order valence-corrected chi connectivity index (χ3v) is 4.11. The fourth-order valence-corrected chi connectivity index (χ4v) is 2.93. The number of nitrogens with zero attached hydrogens (tertiary/aromatic N) is 1. The van der Waals surface area contributed by atoms with Gasteiger partial charge in [-0.05, 0) is 56.3 Å². The number of aliphatic hydroxyl groups excluding tert-OH is 1. The van der Waals surface area contributed by atoms with Crippen LogP contribution in [0.5, 0.6) is 0 Å². The molecule has 2 nitrogen and oxygen atoms in total. The highest BCUT2D eigenvalue weighted by molar-refractivity contribution is 6.31. The monoisotopic (exact) mass is 267 g/mol. The predicted octanol–water partition coefficient (Wildman–Crippen LogP) is 2.98.